The van der Waals surface area contributed by atoms with E-state index in [9.17, 15) is 9.59 Å². The Labute approximate surface area is 117 Å². The quantitative estimate of drug-likeness (QED) is 0.796. The molecule has 0 heterocycles. The first kappa shape index (κ1) is 16.0. The van der Waals surface area contributed by atoms with Crippen molar-refractivity contribution in [2.45, 2.75) is 32.6 Å². The molecule has 0 saturated carbocycles. The summed E-state index contributed by atoms with van der Waals surface area (Å²) >= 11 is 0. The molecule has 0 aliphatic carbocycles. The van der Waals surface area contributed by atoms with Crippen LogP contribution in [0.25, 0.3) is 0 Å². The second-order valence-electron chi connectivity index (χ2n) is 4.18. The van der Waals surface area contributed by atoms with Gasteiger partial charge in [-0.3, -0.25) is 0 Å². The summed E-state index contributed by atoms with van der Waals surface area (Å²) in [6.07, 6.45) is -1.42. The summed E-state index contributed by atoms with van der Waals surface area (Å²) in [6.45, 7) is 3.79. The van der Waals surface area contributed by atoms with Crippen molar-refractivity contribution in [1.29, 1.82) is 0 Å². The number of ether oxygens (including phenoxy) is 2. The van der Waals surface area contributed by atoms with Gasteiger partial charge in [-0.25, -0.2) is 9.59 Å². The van der Waals surface area contributed by atoms with E-state index < -0.39 is 24.2 Å². The molecule has 0 saturated heterocycles. The zero-order chi connectivity index (χ0) is 15.0. The van der Waals surface area contributed by atoms with Gasteiger partial charge in [-0.05, 0) is 19.4 Å². The molecule has 1 amide bonds. The van der Waals surface area contributed by atoms with E-state index in [1.807, 2.05) is 30.3 Å². The molecule has 1 aromatic rings. The van der Waals surface area contributed by atoms with Gasteiger partial charge >= 0.3 is 12.1 Å². The third-order valence-corrected chi connectivity index (χ3v) is 2.65. The van der Waals surface area contributed by atoms with Crippen LogP contribution < -0.4 is 5.32 Å². The Hall–Kier alpha value is -2.08. The van der Waals surface area contributed by atoms with Gasteiger partial charge in [0, 0.05) is 6.61 Å². The third kappa shape index (κ3) is 5.27. The first-order chi connectivity index (χ1) is 9.54. The van der Waals surface area contributed by atoms with Gasteiger partial charge in [-0.2, -0.15) is 0 Å². The van der Waals surface area contributed by atoms with Crippen LogP contribution >= 0.6 is 0 Å². The molecule has 0 radical (unpaired) electrons. The monoisotopic (exact) mass is 281 g/mol. The highest BCUT2D eigenvalue weighted by atomic mass is 16.5. The summed E-state index contributed by atoms with van der Waals surface area (Å²) in [5.74, 6) is -1.16. The highest BCUT2D eigenvalue weighted by molar-refractivity contribution is 5.80. The molecule has 0 unspecified atom stereocenters. The molecule has 110 valence electrons. The van der Waals surface area contributed by atoms with Gasteiger partial charge in [0.1, 0.15) is 6.61 Å². The third-order valence-electron chi connectivity index (χ3n) is 2.65. The number of carboxylic acid groups (broad SMARTS) is 1. The zero-order valence-corrected chi connectivity index (χ0v) is 11.5. The van der Waals surface area contributed by atoms with Gasteiger partial charge in [0.2, 0.25) is 0 Å². The minimum atomic E-state index is -1.16. The van der Waals surface area contributed by atoms with Crippen molar-refractivity contribution in [3.8, 4) is 0 Å². The lowest BCUT2D eigenvalue weighted by Crippen LogP contribution is -2.48. The summed E-state index contributed by atoms with van der Waals surface area (Å²) in [7, 11) is 0. The predicted octanol–water partition coefficient (Wildman–Crippen LogP) is 1.79. The average molecular weight is 281 g/mol. The lowest BCUT2D eigenvalue weighted by atomic mass is 10.2. The van der Waals surface area contributed by atoms with Gasteiger partial charge in [0.15, 0.2) is 6.04 Å². The van der Waals surface area contributed by atoms with Crippen molar-refractivity contribution in [2.24, 2.45) is 0 Å². The number of carboxylic acids is 1. The summed E-state index contributed by atoms with van der Waals surface area (Å²) < 4.78 is 10.1. The highest BCUT2D eigenvalue weighted by Gasteiger charge is 2.27. The van der Waals surface area contributed by atoms with Crippen LogP contribution in [0.1, 0.15) is 19.4 Å². The Balaban J connectivity index is 2.48. The number of aliphatic carboxylic acids is 1. The van der Waals surface area contributed by atoms with Crippen LogP contribution in [0.5, 0.6) is 0 Å². The van der Waals surface area contributed by atoms with Crippen molar-refractivity contribution in [3.63, 3.8) is 0 Å². The Kier molecular flexibility index (Phi) is 6.52. The molecule has 0 aliphatic rings. The number of nitrogens with one attached hydrogen (secondary N) is 1. The number of amides is 1. The van der Waals surface area contributed by atoms with Crippen molar-refractivity contribution in [2.75, 3.05) is 6.61 Å². The molecule has 2 N–H and O–H groups in total. The van der Waals surface area contributed by atoms with Gasteiger partial charge in [-0.15, -0.1) is 0 Å². The van der Waals surface area contributed by atoms with E-state index in [2.05, 4.69) is 5.32 Å². The fourth-order valence-corrected chi connectivity index (χ4v) is 1.63. The van der Waals surface area contributed by atoms with Crippen molar-refractivity contribution >= 4 is 12.1 Å². The summed E-state index contributed by atoms with van der Waals surface area (Å²) in [6, 6.07) is 7.99. The van der Waals surface area contributed by atoms with Gasteiger partial charge < -0.3 is 19.9 Å². The number of hydrogen-bond donors (Lipinski definition) is 2. The topological polar surface area (TPSA) is 84.9 Å². The van der Waals surface area contributed by atoms with Crippen LogP contribution in [0, 0.1) is 0 Å². The molecule has 0 spiro atoms. The SMILES string of the molecule is CCO[C@H](C)[C@@H](NC(=O)OCc1ccccc1)C(=O)O. The standard InChI is InChI=1S/C14H19NO5/c1-3-19-10(2)12(13(16)17)15-14(18)20-9-11-7-5-4-6-8-11/h4-8,10,12H,3,9H2,1-2H3,(H,15,18)(H,16,17)/t10-,12-/m1/s1. The van der Waals surface area contributed by atoms with E-state index in [4.69, 9.17) is 14.6 Å². The van der Waals surface area contributed by atoms with E-state index in [0.29, 0.717) is 6.61 Å². The van der Waals surface area contributed by atoms with Crippen LogP contribution in [0.15, 0.2) is 30.3 Å². The van der Waals surface area contributed by atoms with Crippen LogP contribution in [0.4, 0.5) is 4.79 Å². The van der Waals surface area contributed by atoms with E-state index in [-0.39, 0.29) is 6.61 Å². The van der Waals surface area contributed by atoms with Gasteiger partial charge in [0.25, 0.3) is 0 Å². The molecule has 20 heavy (non-hydrogen) atoms. The summed E-state index contributed by atoms with van der Waals surface area (Å²) in [5.41, 5.74) is 0.826. The number of carbonyl (C=O) groups excluding carboxylic acids is 1. The van der Waals surface area contributed by atoms with E-state index in [0.717, 1.165) is 5.56 Å². The van der Waals surface area contributed by atoms with Crippen LogP contribution in [-0.4, -0.2) is 35.9 Å². The molecular weight excluding hydrogens is 262 g/mol. The second kappa shape index (κ2) is 8.16. The molecule has 0 fully saturated rings. The number of alkyl carbamates (subject to hydrolysis) is 1. The van der Waals surface area contributed by atoms with E-state index in [1.54, 1.807) is 13.8 Å². The van der Waals surface area contributed by atoms with Crippen LogP contribution in [-0.2, 0) is 20.9 Å². The predicted molar refractivity (Wildman–Crippen MR) is 72.3 cm³/mol. The maximum absolute atomic E-state index is 11.6. The second-order valence-corrected chi connectivity index (χ2v) is 4.18. The van der Waals surface area contributed by atoms with E-state index >= 15 is 0 Å². The summed E-state index contributed by atoms with van der Waals surface area (Å²) in [5, 5.41) is 11.3. The fraction of sp³-hybridized carbons (Fsp3) is 0.429. The maximum atomic E-state index is 11.6. The Morgan fingerprint density at radius 1 is 1.30 bits per heavy atom. The smallest absolute Gasteiger partial charge is 0.408 e. The highest BCUT2D eigenvalue weighted by Crippen LogP contribution is 2.03. The fourth-order valence-electron chi connectivity index (χ4n) is 1.63. The summed E-state index contributed by atoms with van der Waals surface area (Å²) in [4.78, 5) is 22.7. The molecule has 0 aliphatic heterocycles. The van der Waals surface area contributed by atoms with Crippen molar-refractivity contribution in [3.05, 3.63) is 35.9 Å². The lowest BCUT2D eigenvalue weighted by Gasteiger charge is -2.20. The van der Waals surface area contributed by atoms with Gasteiger partial charge in [0.05, 0.1) is 6.10 Å². The molecule has 1 aromatic carbocycles. The zero-order valence-electron chi connectivity index (χ0n) is 11.5. The molecule has 0 aromatic heterocycles. The van der Waals surface area contributed by atoms with Crippen LogP contribution in [0.3, 0.4) is 0 Å². The minimum Gasteiger partial charge on any atom is -0.480 e. The number of carbonyl (C=O) groups is 2. The van der Waals surface area contributed by atoms with E-state index in [1.165, 1.54) is 0 Å². The molecule has 1 rings (SSSR count). The number of rotatable bonds is 7. The molecule has 6 heteroatoms. The first-order valence-corrected chi connectivity index (χ1v) is 6.36. The van der Waals surface area contributed by atoms with Crippen LogP contribution in [0.2, 0.25) is 0 Å². The Morgan fingerprint density at radius 2 is 1.95 bits per heavy atom. The van der Waals surface area contributed by atoms with Gasteiger partial charge in [-0.1, -0.05) is 30.3 Å². The molecule has 6 nitrogen and oxygen atoms in total. The van der Waals surface area contributed by atoms with Crippen molar-refractivity contribution in [1.82, 2.24) is 5.32 Å². The van der Waals surface area contributed by atoms with Crippen molar-refractivity contribution < 1.29 is 24.2 Å². The normalized spacial score (nSPS) is 13.3. The number of benzene rings is 1. The maximum Gasteiger partial charge on any atom is 0.408 e. The number of hydrogen-bond acceptors (Lipinski definition) is 4. The Morgan fingerprint density at radius 3 is 2.50 bits per heavy atom. The molecular formula is C14H19NO5. The molecule has 0 bridgehead atoms. The molecule has 2 atom stereocenters. The largest absolute Gasteiger partial charge is 0.480 e. The average Bonchev–Trinajstić information content (AvgIpc) is 2.43. The first-order valence-electron chi connectivity index (χ1n) is 6.36. The Bertz CT molecular complexity index is 434. The lowest BCUT2D eigenvalue weighted by molar-refractivity contribution is -0.143. The minimum absolute atomic E-state index is 0.0853.